The second-order valence-electron chi connectivity index (χ2n) is 2.47. The maximum absolute atomic E-state index is 5.36. The van der Waals surface area contributed by atoms with Gasteiger partial charge < -0.3 is 8.66 Å². The largest absolute Gasteiger partial charge is 0.409 e. The van der Waals surface area contributed by atoms with Crippen molar-refractivity contribution in [2.45, 2.75) is 26.8 Å². The Morgan fingerprint density at radius 1 is 1.67 bits per heavy atom. The van der Waals surface area contributed by atoms with Gasteiger partial charge in [-0.05, 0) is 13.0 Å². The first-order chi connectivity index (χ1) is 4.18. The zero-order valence-corrected chi connectivity index (χ0v) is 10.3. The van der Waals surface area contributed by atoms with Gasteiger partial charge in [-0.1, -0.05) is 13.8 Å². The molecule has 0 heterocycles. The van der Waals surface area contributed by atoms with E-state index in [9.17, 15) is 0 Å². The highest BCUT2D eigenvalue weighted by Crippen LogP contribution is 1.88. The third-order valence-electron chi connectivity index (χ3n) is 1.38. The van der Waals surface area contributed by atoms with E-state index in [1.54, 1.807) is 0 Å². The minimum atomic E-state index is -0.317. The summed E-state index contributed by atoms with van der Waals surface area (Å²) in [6.45, 7) is 7.39. The van der Waals surface area contributed by atoms with Crippen LogP contribution in [0.4, 0.5) is 0 Å². The predicted molar refractivity (Wildman–Crippen MR) is 47.1 cm³/mol. The molecule has 0 atom stereocenters. The van der Waals surface area contributed by atoms with Crippen LogP contribution in [0.3, 0.4) is 0 Å². The SMILES string of the molecule is CCO[SiH2]N([SiH3])C(C)C. The van der Waals surface area contributed by atoms with E-state index in [0.717, 1.165) is 17.0 Å². The minimum Gasteiger partial charge on any atom is -0.409 e. The third kappa shape index (κ3) is 4.83. The van der Waals surface area contributed by atoms with Gasteiger partial charge in [0.25, 0.3) is 0 Å². The van der Waals surface area contributed by atoms with Gasteiger partial charge in [-0.3, -0.25) is 0 Å². The molecule has 0 aromatic rings. The zero-order chi connectivity index (χ0) is 7.28. The van der Waals surface area contributed by atoms with Gasteiger partial charge in [-0.15, -0.1) is 0 Å². The lowest BCUT2D eigenvalue weighted by molar-refractivity contribution is 0.323. The van der Waals surface area contributed by atoms with Gasteiger partial charge in [-0.25, -0.2) is 0 Å². The fraction of sp³-hybridized carbons (Fsp3) is 1.00. The molecular formula is C5H17NOSi2. The fourth-order valence-corrected chi connectivity index (χ4v) is 1.70. The molecule has 0 aromatic carbocycles. The summed E-state index contributed by atoms with van der Waals surface area (Å²) in [5, 5.41) is 0. The van der Waals surface area contributed by atoms with Crippen LogP contribution in [-0.4, -0.2) is 37.2 Å². The molecular weight excluding hydrogens is 146 g/mol. The molecule has 0 radical (unpaired) electrons. The summed E-state index contributed by atoms with van der Waals surface area (Å²) in [4.78, 5) is 0. The highest BCUT2D eigenvalue weighted by molar-refractivity contribution is 6.35. The van der Waals surface area contributed by atoms with Crippen molar-refractivity contribution >= 4 is 20.3 Å². The first kappa shape index (κ1) is 9.35. The van der Waals surface area contributed by atoms with Crippen molar-refractivity contribution in [3.63, 3.8) is 0 Å². The second kappa shape index (κ2) is 5.16. The van der Waals surface area contributed by atoms with Crippen LogP contribution in [0.15, 0.2) is 0 Å². The summed E-state index contributed by atoms with van der Waals surface area (Å²) >= 11 is 0. The molecule has 0 unspecified atom stereocenters. The number of nitrogens with zero attached hydrogens (tertiary/aromatic N) is 1. The first-order valence-electron chi connectivity index (χ1n) is 3.46. The molecule has 0 saturated carbocycles. The van der Waals surface area contributed by atoms with Gasteiger partial charge in [-0.2, -0.15) is 0 Å². The molecule has 0 amide bonds. The Labute approximate surface area is 63.1 Å². The third-order valence-corrected chi connectivity index (χ3v) is 4.92. The van der Waals surface area contributed by atoms with Crippen molar-refractivity contribution in [1.82, 2.24) is 4.23 Å². The van der Waals surface area contributed by atoms with E-state index >= 15 is 0 Å². The van der Waals surface area contributed by atoms with E-state index in [2.05, 4.69) is 25.0 Å². The van der Waals surface area contributed by atoms with Gasteiger partial charge in [0.05, 0.1) is 10.4 Å². The van der Waals surface area contributed by atoms with Crippen molar-refractivity contribution in [3.05, 3.63) is 0 Å². The van der Waals surface area contributed by atoms with E-state index in [0.29, 0.717) is 6.04 Å². The minimum absolute atomic E-state index is 0.317. The van der Waals surface area contributed by atoms with Gasteiger partial charge in [0.15, 0.2) is 0 Å². The highest BCUT2D eigenvalue weighted by atomic mass is 28.3. The highest BCUT2D eigenvalue weighted by Gasteiger charge is 2.00. The molecule has 0 rings (SSSR count). The molecule has 4 heteroatoms. The van der Waals surface area contributed by atoms with Gasteiger partial charge in [0.2, 0.25) is 9.92 Å². The summed E-state index contributed by atoms with van der Waals surface area (Å²) in [6, 6.07) is 0.704. The Morgan fingerprint density at radius 2 is 2.22 bits per heavy atom. The summed E-state index contributed by atoms with van der Waals surface area (Å²) in [5.41, 5.74) is 0. The molecule has 56 valence electrons. The van der Waals surface area contributed by atoms with Crippen LogP contribution in [0.5, 0.6) is 0 Å². The molecule has 0 saturated heterocycles. The van der Waals surface area contributed by atoms with E-state index in [4.69, 9.17) is 4.43 Å². The molecule has 0 aliphatic rings. The van der Waals surface area contributed by atoms with Crippen LogP contribution in [0, 0.1) is 0 Å². The summed E-state index contributed by atoms with van der Waals surface area (Å²) in [7, 11) is 0.841. The van der Waals surface area contributed by atoms with E-state index in [1.165, 1.54) is 0 Å². The molecule has 0 aliphatic heterocycles. The maximum atomic E-state index is 5.36. The number of hydrogen-bond acceptors (Lipinski definition) is 2. The van der Waals surface area contributed by atoms with E-state index < -0.39 is 0 Å². The second-order valence-corrected chi connectivity index (χ2v) is 6.55. The lowest BCUT2D eigenvalue weighted by Gasteiger charge is -2.19. The van der Waals surface area contributed by atoms with Crippen molar-refractivity contribution in [3.8, 4) is 0 Å². The van der Waals surface area contributed by atoms with Crippen molar-refractivity contribution < 1.29 is 4.43 Å². The Balaban J connectivity index is 3.16. The van der Waals surface area contributed by atoms with Gasteiger partial charge >= 0.3 is 0 Å². The monoisotopic (exact) mass is 163 g/mol. The topological polar surface area (TPSA) is 12.5 Å². The smallest absolute Gasteiger partial charge is 0.231 e. The average molecular weight is 163 g/mol. The van der Waals surface area contributed by atoms with Crippen LogP contribution in [-0.2, 0) is 4.43 Å². The average Bonchev–Trinajstić information content (AvgIpc) is 1.82. The van der Waals surface area contributed by atoms with Crippen molar-refractivity contribution in [2.24, 2.45) is 0 Å². The summed E-state index contributed by atoms with van der Waals surface area (Å²) < 4.78 is 7.79. The normalized spacial score (nSPS) is 13.0. The molecule has 2 nitrogen and oxygen atoms in total. The van der Waals surface area contributed by atoms with Crippen molar-refractivity contribution in [2.75, 3.05) is 6.61 Å². The molecule has 0 bridgehead atoms. The molecule has 0 N–H and O–H groups in total. The van der Waals surface area contributed by atoms with Crippen molar-refractivity contribution in [1.29, 1.82) is 0 Å². The molecule has 0 spiro atoms. The van der Waals surface area contributed by atoms with E-state index in [-0.39, 0.29) is 9.92 Å². The van der Waals surface area contributed by atoms with Gasteiger partial charge in [0, 0.05) is 6.61 Å². The maximum Gasteiger partial charge on any atom is 0.231 e. The predicted octanol–water partition coefficient (Wildman–Crippen LogP) is -0.988. The van der Waals surface area contributed by atoms with Crippen LogP contribution in [0.25, 0.3) is 0 Å². The number of hydrogen-bond donors (Lipinski definition) is 0. The summed E-state index contributed by atoms with van der Waals surface area (Å²) in [5.74, 6) is 0. The molecule has 0 aliphatic carbocycles. The molecule has 0 aromatic heterocycles. The lowest BCUT2D eigenvalue weighted by atomic mass is 10.4. The van der Waals surface area contributed by atoms with E-state index in [1.807, 2.05) is 0 Å². The zero-order valence-electron chi connectivity index (χ0n) is 6.85. The fourth-order valence-electron chi connectivity index (χ4n) is 0.384. The van der Waals surface area contributed by atoms with Gasteiger partial charge in [0.1, 0.15) is 0 Å². The Bertz CT molecular complexity index is 70.0. The first-order valence-corrected chi connectivity index (χ1v) is 5.57. The van der Waals surface area contributed by atoms with Crippen LogP contribution in [0.2, 0.25) is 0 Å². The van der Waals surface area contributed by atoms with Crippen LogP contribution < -0.4 is 0 Å². The number of rotatable bonds is 4. The summed E-state index contributed by atoms with van der Waals surface area (Å²) in [6.07, 6.45) is 0. The lowest BCUT2D eigenvalue weighted by Crippen LogP contribution is -2.33. The van der Waals surface area contributed by atoms with Crippen LogP contribution >= 0.6 is 0 Å². The Morgan fingerprint density at radius 3 is 2.56 bits per heavy atom. The Hall–Kier alpha value is 0.354. The Kier molecular flexibility index (Phi) is 5.37. The standard InChI is InChI=1S/C5H17NOSi2/c1-4-7-9-6(8)5(2)3/h5H,4,9H2,1-3,8H3. The van der Waals surface area contributed by atoms with Crippen LogP contribution in [0.1, 0.15) is 20.8 Å². The molecule has 0 fully saturated rings. The quantitative estimate of drug-likeness (QED) is 0.494. The molecule has 9 heavy (non-hydrogen) atoms.